The number of aromatic amines is 1. The molecule has 0 fully saturated rings. The monoisotopic (exact) mass is 429 g/mol. The molecule has 0 spiro atoms. The van der Waals surface area contributed by atoms with Gasteiger partial charge >= 0.3 is 0 Å². The molecule has 2 aromatic heterocycles. The van der Waals surface area contributed by atoms with Crippen LogP contribution in [0.2, 0.25) is 0 Å². The summed E-state index contributed by atoms with van der Waals surface area (Å²) in [6.07, 6.45) is 3.81. The Balaban J connectivity index is 1.50. The molecule has 4 rings (SSSR count). The summed E-state index contributed by atoms with van der Waals surface area (Å²) in [5.74, 6) is 1.81. The first-order valence-electron chi connectivity index (χ1n) is 11.0. The number of nitrogens with one attached hydrogen (secondary N) is 1. The lowest BCUT2D eigenvalue weighted by atomic mass is 9.98. The van der Waals surface area contributed by atoms with Crippen molar-refractivity contribution in [3.63, 3.8) is 0 Å². The first-order chi connectivity index (χ1) is 15.7. The lowest BCUT2D eigenvalue weighted by Gasteiger charge is -2.09. The number of hydrogen-bond acceptors (Lipinski definition) is 6. The predicted octanol–water partition coefficient (Wildman–Crippen LogP) is 4.03. The molecule has 0 saturated carbocycles. The first-order valence-corrected chi connectivity index (χ1v) is 11.0. The van der Waals surface area contributed by atoms with E-state index in [1.54, 1.807) is 0 Å². The number of aryl methyl sites for hydroxylation is 1. The molecule has 0 aliphatic heterocycles. The average Bonchev–Trinajstić information content (AvgIpc) is 3.47. The second-order valence-corrected chi connectivity index (χ2v) is 7.82. The second-order valence-electron chi connectivity index (χ2n) is 7.82. The number of carbonyl (C=O) groups is 1. The van der Waals surface area contributed by atoms with E-state index >= 15 is 0 Å². The summed E-state index contributed by atoms with van der Waals surface area (Å²) >= 11 is 0. The van der Waals surface area contributed by atoms with Crippen molar-refractivity contribution in [1.29, 1.82) is 0 Å². The number of benzene rings is 2. The normalized spacial score (nSPS) is 11.1. The maximum absolute atomic E-state index is 12.2. The Bertz CT molecular complexity index is 1160. The lowest BCUT2D eigenvalue weighted by molar-refractivity contribution is 0.0971. The predicted molar refractivity (Wildman–Crippen MR) is 121 cm³/mol. The zero-order chi connectivity index (χ0) is 22.3. The molecule has 1 N–H and O–H groups in total. The number of rotatable bonds is 10. The van der Waals surface area contributed by atoms with Crippen LogP contribution in [0.5, 0.6) is 0 Å². The quantitative estimate of drug-likeness (QED) is 0.382. The van der Waals surface area contributed by atoms with Gasteiger partial charge in [-0.2, -0.15) is 5.21 Å². The highest BCUT2D eigenvalue weighted by Crippen LogP contribution is 2.22. The third kappa shape index (κ3) is 4.96. The van der Waals surface area contributed by atoms with Gasteiger partial charge in [-0.15, -0.1) is 15.3 Å². The smallest absolute Gasteiger partial charge is 0.217 e. The highest BCUT2D eigenvalue weighted by molar-refractivity contribution is 5.92. The topological polar surface area (TPSA) is 102 Å². The van der Waals surface area contributed by atoms with Crippen LogP contribution in [0.3, 0.4) is 0 Å². The van der Waals surface area contributed by atoms with Gasteiger partial charge in [0.05, 0.1) is 6.54 Å². The maximum Gasteiger partial charge on any atom is 0.217 e. The SMILES string of the molecule is CCCC(=O)c1nc(CCC)n(Cc2ccc(Cc3ccccc3-c3nn[nH]n3)cc2)n1. The van der Waals surface area contributed by atoms with Gasteiger partial charge in [0.15, 0.2) is 0 Å². The molecule has 0 aliphatic rings. The van der Waals surface area contributed by atoms with Crippen LogP contribution >= 0.6 is 0 Å². The molecule has 8 heteroatoms. The molecular formula is C24H27N7O. The number of Topliss-reactive ketones (excluding diaryl/α,β-unsaturated/α-hetero) is 1. The van der Waals surface area contributed by atoms with Crippen molar-refractivity contribution in [3.8, 4) is 11.4 Å². The van der Waals surface area contributed by atoms with E-state index in [1.165, 1.54) is 5.56 Å². The van der Waals surface area contributed by atoms with E-state index in [4.69, 9.17) is 0 Å². The van der Waals surface area contributed by atoms with Crippen LogP contribution in [0.4, 0.5) is 0 Å². The summed E-state index contributed by atoms with van der Waals surface area (Å²) < 4.78 is 1.87. The van der Waals surface area contributed by atoms with Gasteiger partial charge in [-0.05, 0) is 41.2 Å². The van der Waals surface area contributed by atoms with Gasteiger partial charge in [-0.25, -0.2) is 9.67 Å². The fourth-order valence-electron chi connectivity index (χ4n) is 3.69. The van der Waals surface area contributed by atoms with E-state index in [2.05, 4.69) is 68.0 Å². The van der Waals surface area contributed by atoms with Gasteiger partial charge < -0.3 is 0 Å². The summed E-state index contributed by atoms with van der Waals surface area (Å²) in [6.45, 7) is 4.69. The van der Waals surface area contributed by atoms with Crippen molar-refractivity contribution < 1.29 is 4.79 Å². The largest absolute Gasteiger partial charge is 0.291 e. The number of tetrazole rings is 1. The number of carbonyl (C=O) groups excluding carboxylic acids is 1. The summed E-state index contributed by atoms with van der Waals surface area (Å²) in [4.78, 5) is 16.7. The molecule has 0 bridgehead atoms. The van der Waals surface area contributed by atoms with E-state index in [1.807, 2.05) is 29.8 Å². The van der Waals surface area contributed by atoms with Gasteiger partial charge in [0, 0.05) is 18.4 Å². The van der Waals surface area contributed by atoms with E-state index in [-0.39, 0.29) is 5.78 Å². The van der Waals surface area contributed by atoms with E-state index in [0.29, 0.717) is 24.6 Å². The van der Waals surface area contributed by atoms with Crippen molar-refractivity contribution in [2.75, 3.05) is 0 Å². The Hall–Kier alpha value is -3.68. The van der Waals surface area contributed by atoms with Crippen LogP contribution in [0.25, 0.3) is 11.4 Å². The Morgan fingerprint density at radius 2 is 1.78 bits per heavy atom. The summed E-state index contributed by atoms with van der Waals surface area (Å²) in [7, 11) is 0. The Labute approximate surface area is 187 Å². The zero-order valence-corrected chi connectivity index (χ0v) is 18.5. The van der Waals surface area contributed by atoms with Crippen LogP contribution in [0.15, 0.2) is 48.5 Å². The van der Waals surface area contributed by atoms with E-state index in [9.17, 15) is 4.79 Å². The van der Waals surface area contributed by atoms with Gasteiger partial charge in [-0.3, -0.25) is 4.79 Å². The summed E-state index contributed by atoms with van der Waals surface area (Å²) in [5.41, 5.74) is 4.43. The van der Waals surface area contributed by atoms with E-state index < -0.39 is 0 Å². The maximum atomic E-state index is 12.2. The number of H-pyrrole nitrogens is 1. The number of ketones is 1. The van der Waals surface area contributed by atoms with Crippen LogP contribution in [-0.2, 0) is 19.4 Å². The minimum atomic E-state index is 0.0132. The average molecular weight is 430 g/mol. The lowest BCUT2D eigenvalue weighted by Crippen LogP contribution is -2.08. The second kappa shape index (κ2) is 10.1. The van der Waals surface area contributed by atoms with Crippen LogP contribution in [0, 0.1) is 0 Å². The molecule has 2 heterocycles. The molecule has 4 aromatic rings. The highest BCUT2D eigenvalue weighted by atomic mass is 16.1. The van der Waals surface area contributed by atoms with Gasteiger partial charge in [0.2, 0.25) is 17.4 Å². The fraction of sp³-hybridized carbons (Fsp3) is 0.333. The van der Waals surface area contributed by atoms with Gasteiger partial charge in [-0.1, -0.05) is 62.4 Å². The fourth-order valence-corrected chi connectivity index (χ4v) is 3.69. The third-order valence-electron chi connectivity index (χ3n) is 5.30. The van der Waals surface area contributed by atoms with Crippen molar-refractivity contribution >= 4 is 5.78 Å². The molecule has 32 heavy (non-hydrogen) atoms. The minimum absolute atomic E-state index is 0.0132. The van der Waals surface area contributed by atoms with Crippen molar-refractivity contribution in [2.45, 2.75) is 52.5 Å². The van der Waals surface area contributed by atoms with E-state index in [0.717, 1.165) is 48.2 Å². The number of nitrogens with zero attached hydrogens (tertiary/aromatic N) is 6. The van der Waals surface area contributed by atoms with Crippen molar-refractivity contribution in [1.82, 2.24) is 35.4 Å². The number of hydrogen-bond donors (Lipinski definition) is 1. The van der Waals surface area contributed by atoms with Crippen LogP contribution in [-0.4, -0.2) is 41.2 Å². The van der Waals surface area contributed by atoms with Gasteiger partial charge in [0.25, 0.3) is 0 Å². The minimum Gasteiger partial charge on any atom is -0.291 e. The Kier molecular flexibility index (Phi) is 6.79. The molecule has 0 aliphatic carbocycles. The number of aromatic nitrogens is 7. The molecule has 164 valence electrons. The van der Waals surface area contributed by atoms with Crippen LogP contribution < -0.4 is 0 Å². The van der Waals surface area contributed by atoms with Crippen molar-refractivity contribution in [3.05, 3.63) is 76.9 Å². The first kappa shape index (κ1) is 21.5. The Morgan fingerprint density at radius 1 is 1.00 bits per heavy atom. The van der Waals surface area contributed by atoms with Crippen molar-refractivity contribution in [2.24, 2.45) is 0 Å². The molecule has 0 atom stereocenters. The van der Waals surface area contributed by atoms with Gasteiger partial charge in [0.1, 0.15) is 5.82 Å². The van der Waals surface area contributed by atoms with Crippen LogP contribution in [0.1, 0.15) is 66.2 Å². The molecule has 0 amide bonds. The summed E-state index contributed by atoms with van der Waals surface area (Å²) in [6, 6.07) is 16.6. The standard InChI is InChI=1S/C24H27N7O/c1-3-7-21(32)24-25-22(8-4-2)31(28-24)16-18-13-11-17(12-14-18)15-19-9-5-6-10-20(19)23-26-29-30-27-23/h5-6,9-14H,3-4,7-8,15-16H2,1-2H3,(H,26,27,29,30). The highest BCUT2D eigenvalue weighted by Gasteiger charge is 2.16. The third-order valence-corrected chi connectivity index (χ3v) is 5.30. The zero-order valence-electron chi connectivity index (χ0n) is 18.5. The molecule has 0 radical (unpaired) electrons. The summed E-state index contributed by atoms with van der Waals surface area (Å²) in [5, 5.41) is 18.9. The molecule has 8 nitrogen and oxygen atoms in total. The molecular weight excluding hydrogens is 402 g/mol. The molecule has 2 aromatic carbocycles. The molecule has 0 unspecified atom stereocenters. The Morgan fingerprint density at radius 3 is 2.50 bits per heavy atom. The molecule has 0 saturated heterocycles.